The summed E-state index contributed by atoms with van der Waals surface area (Å²) in [6, 6.07) is 6.76. The smallest absolute Gasteiger partial charge is 0.229 e. The Bertz CT molecular complexity index is 2300. The Kier molecular flexibility index (Phi) is 10.6. The van der Waals surface area contributed by atoms with Gasteiger partial charge in [-0.25, -0.2) is 47.6 Å². The van der Waals surface area contributed by atoms with Crippen molar-refractivity contribution in [2.24, 2.45) is 5.41 Å². The lowest BCUT2D eigenvalue weighted by atomic mass is 9.73. The maximum absolute atomic E-state index is 15.2. The summed E-state index contributed by atoms with van der Waals surface area (Å²) in [6.07, 6.45) is 7.63. The lowest BCUT2D eigenvalue weighted by Gasteiger charge is -2.43. The lowest BCUT2D eigenvalue weighted by Crippen LogP contribution is -2.55. The highest BCUT2D eigenvalue weighted by Gasteiger charge is 2.50. The van der Waals surface area contributed by atoms with Gasteiger partial charge in [0.05, 0.1) is 58.6 Å². The van der Waals surface area contributed by atoms with E-state index in [1.165, 1.54) is 24.0 Å². The molecule has 0 saturated carbocycles. The fraction of sp³-hybridized carbons (Fsp3) is 0.447. The predicted molar refractivity (Wildman–Crippen MR) is 208 cm³/mol. The molecule has 55 heavy (non-hydrogen) atoms. The number of ether oxygens (including phenoxy) is 1. The van der Waals surface area contributed by atoms with E-state index in [-0.39, 0.29) is 62.5 Å². The van der Waals surface area contributed by atoms with Crippen molar-refractivity contribution in [2.45, 2.75) is 94.2 Å². The molecule has 2 aliphatic heterocycles. The number of halogens is 2. The Morgan fingerprint density at radius 1 is 1.07 bits per heavy atom. The molecule has 17 heteroatoms. The molecule has 1 spiro atoms. The number of aryl methyl sites for hydroxylation is 1. The van der Waals surface area contributed by atoms with E-state index in [0.717, 1.165) is 37.9 Å². The zero-order valence-electron chi connectivity index (χ0n) is 31.7. The number of hydrogen-bond acceptors (Lipinski definition) is 12. The van der Waals surface area contributed by atoms with Crippen LogP contribution in [0.2, 0.25) is 0 Å². The number of imidazole rings is 1. The molecule has 6 heterocycles. The summed E-state index contributed by atoms with van der Waals surface area (Å²) in [5, 5.41) is 13.7. The Morgan fingerprint density at radius 3 is 2.51 bits per heavy atom. The molecule has 0 bridgehead atoms. The van der Waals surface area contributed by atoms with Gasteiger partial charge >= 0.3 is 0 Å². The summed E-state index contributed by atoms with van der Waals surface area (Å²) >= 11 is 1.25. The van der Waals surface area contributed by atoms with Crippen LogP contribution in [0.5, 0.6) is 0 Å². The first-order chi connectivity index (χ1) is 26.2. The monoisotopic (exact) mass is 787 g/mol. The number of nitriles is 1. The van der Waals surface area contributed by atoms with Crippen molar-refractivity contribution in [1.29, 1.82) is 5.26 Å². The largest absolute Gasteiger partial charge is 0.376 e. The van der Waals surface area contributed by atoms with E-state index in [4.69, 9.17) is 9.72 Å². The Hall–Kier alpha value is -4.63. The average molecular weight is 788 g/mol. The molecule has 2 fully saturated rings. The van der Waals surface area contributed by atoms with Crippen LogP contribution in [0.15, 0.2) is 52.9 Å². The highest BCUT2D eigenvalue weighted by atomic mass is 32.2. The number of nitrogens with one attached hydrogen (secondary N) is 2. The standard InChI is InChI=1S/C38H43F2N11O2S2/c1-21(2)51-23(4)46-33-26(39)14-24(15-28(33)51)32-27(40)17-45-36(47-32)48-35-25(16-41)29(8-11-42-35)54-31-19-43-30(18-44-31)50-12-9-38(10-13-50)20-53-22(3)34(38)49-55(52)37(5,6)7/h8,11,14-15,17-19,21-22,34,49H,9-10,12-13,20H2,1-7H3,(H,42,45,47,48)/t22-,34+,55+/m0/s1. The van der Waals surface area contributed by atoms with Gasteiger partial charge in [0.15, 0.2) is 17.5 Å². The van der Waals surface area contributed by atoms with Gasteiger partial charge in [0, 0.05) is 41.2 Å². The normalized spacial score (nSPS) is 19.0. The molecular formula is C38H43F2N11O2S2. The van der Waals surface area contributed by atoms with Crippen LogP contribution in [-0.2, 0) is 15.7 Å². The fourth-order valence-corrected chi connectivity index (χ4v) is 9.13. The zero-order valence-corrected chi connectivity index (χ0v) is 33.4. The number of nitrogens with zero attached hydrogens (tertiary/aromatic N) is 9. The van der Waals surface area contributed by atoms with Crippen molar-refractivity contribution in [3.63, 3.8) is 0 Å². The number of hydrogen-bond donors (Lipinski definition) is 2. The molecule has 2 aliphatic rings. The Balaban J connectivity index is 1.05. The SMILES string of the molecule is Cc1nc2c(F)cc(-c3nc(Nc4nccc(Sc5cnc(N6CCC7(CC6)CO[C@@H](C)[C@H]7N[S@](=O)C(C)(C)C)cn5)c4C#N)ncc3F)cc2n1C(C)C. The average Bonchev–Trinajstić information content (AvgIpc) is 3.64. The number of pyridine rings is 1. The first-order valence-electron chi connectivity index (χ1n) is 18.1. The number of rotatable bonds is 9. The van der Waals surface area contributed by atoms with Gasteiger partial charge in [0.1, 0.15) is 39.5 Å². The number of piperidine rings is 1. The summed E-state index contributed by atoms with van der Waals surface area (Å²) in [6.45, 7) is 15.8. The lowest BCUT2D eigenvalue weighted by molar-refractivity contribution is 0.0973. The second-order valence-electron chi connectivity index (χ2n) is 15.3. The van der Waals surface area contributed by atoms with E-state index in [0.29, 0.717) is 27.9 Å². The van der Waals surface area contributed by atoms with Crippen LogP contribution < -0.4 is 14.9 Å². The van der Waals surface area contributed by atoms with Crippen molar-refractivity contribution in [3.8, 4) is 17.3 Å². The molecule has 4 aromatic heterocycles. The summed E-state index contributed by atoms with van der Waals surface area (Å²) in [5.74, 6) is 0.206. The van der Waals surface area contributed by atoms with Crippen molar-refractivity contribution < 1.29 is 17.7 Å². The number of aromatic nitrogens is 7. The van der Waals surface area contributed by atoms with E-state index in [1.807, 2.05) is 46.1 Å². The third kappa shape index (κ3) is 7.65. The number of fused-ring (bicyclic) bond motifs is 1. The van der Waals surface area contributed by atoms with Crippen molar-refractivity contribution in [3.05, 3.63) is 66.0 Å². The van der Waals surface area contributed by atoms with Crippen LogP contribution in [0.25, 0.3) is 22.3 Å². The minimum absolute atomic E-state index is 0.000817. The zero-order chi connectivity index (χ0) is 39.2. The topological polar surface area (TPSA) is 160 Å². The second-order valence-corrected chi connectivity index (χ2v) is 18.3. The molecule has 0 radical (unpaired) electrons. The van der Waals surface area contributed by atoms with Gasteiger partial charge in [-0.15, -0.1) is 0 Å². The van der Waals surface area contributed by atoms with Gasteiger partial charge in [-0.2, -0.15) is 5.26 Å². The minimum Gasteiger partial charge on any atom is -0.376 e. The van der Waals surface area contributed by atoms with Crippen LogP contribution in [0.1, 0.15) is 71.8 Å². The van der Waals surface area contributed by atoms with Crippen molar-refractivity contribution in [2.75, 3.05) is 29.9 Å². The van der Waals surface area contributed by atoms with Crippen LogP contribution >= 0.6 is 11.8 Å². The summed E-state index contributed by atoms with van der Waals surface area (Å²) in [5.41, 5.74) is 0.935. The van der Waals surface area contributed by atoms with Crippen LogP contribution in [-0.4, -0.2) is 75.3 Å². The molecule has 1 aromatic carbocycles. The Labute approximate surface area is 325 Å². The molecular weight excluding hydrogens is 745 g/mol. The minimum atomic E-state index is -1.20. The van der Waals surface area contributed by atoms with E-state index in [1.54, 1.807) is 31.5 Å². The van der Waals surface area contributed by atoms with Gasteiger partial charge in [-0.1, -0.05) is 11.8 Å². The molecule has 288 valence electrons. The number of benzene rings is 1. The quantitative estimate of drug-likeness (QED) is 0.157. The maximum Gasteiger partial charge on any atom is 0.229 e. The van der Waals surface area contributed by atoms with Crippen molar-refractivity contribution in [1.82, 2.24) is 39.2 Å². The third-order valence-electron chi connectivity index (χ3n) is 10.2. The van der Waals surface area contributed by atoms with Crippen LogP contribution in [0.3, 0.4) is 0 Å². The second kappa shape index (κ2) is 15.1. The van der Waals surface area contributed by atoms with E-state index in [2.05, 4.69) is 45.9 Å². The molecule has 13 nitrogen and oxygen atoms in total. The fourth-order valence-electron chi connectivity index (χ4n) is 7.29. The van der Waals surface area contributed by atoms with Crippen LogP contribution in [0.4, 0.5) is 26.4 Å². The number of anilines is 3. The predicted octanol–water partition coefficient (Wildman–Crippen LogP) is 7.04. The molecule has 3 atom stereocenters. The third-order valence-corrected chi connectivity index (χ3v) is 12.7. The van der Waals surface area contributed by atoms with Crippen LogP contribution in [0, 0.1) is 35.3 Å². The first kappa shape index (κ1) is 38.6. The molecule has 0 aliphatic carbocycles. The van der Waals surface area contributed by atoms with E-state index < -0.39 is 22.6 Å². The molecule has 2 N–H and O–H groups in total. The highest BCUT2D eigenvalue weighted by molar-refractivity contribution is 7.99. The van der Waals surface area contributed by atoms with Gasteiger partial charge in [-0.05, 0) is 79.5 Å². The van der Waals surface area contributed by atoms with Gasteiger partial charge in [0.25, 0.3) is 0 Å². The maximum atomic E-state index is 15.2. The molecule has 7 rings (SSSR count). The summed E-state index contributed by atoms with van der Waals surface area (Å²) < 4.78 is 54.4. The van der Waals surface area contributed by atoms with Gasteiger partial charge in [0.2, 0.25) is 5.95 Å². The Morgan fingerprint density at radius 2 is 1.84 bits per heavy atom. The van der Waals surface area contributed by atoms with E-state index in [9.17, 15) is 9.47 Å². The molecule has 2 saturated heterocycles. The highest BCUT2D eigenvalue weighted by Crippen LogP contribution is 2.43. The van der Waals surface area contributed by atoms with Crippen molar-refractivity contribution >= 4 is 51.4 Å². The van der Waals surface area contributed by atoms with Gasteiger partial charge in [-0.3, -0.25) is 0 Å². The molecule has 5 aromatic rings. The van der Waals surface area contributed by atoms with Gasteiger partial charge < -0.3 is 19.5 Å². The molecule has 0 amide bonds. The summed E-state index contributed by atoms with van der Waals surface area (Å²) in [4.78, 5) is 29.3. The first-order valence-corrected chi connectivity index (χ1v) is 20.1. The van der Waals surface area contributed by atoms with E-state index >= 15 is 8.78 Å². The summed E-state index contributed by atoms with van der Waals surface area (Å²) in [7, 11) is -1.20. The molecule has 0 unspecified atom stereocenters.